The van der Waals surface area contributed by atoms with Crippen molar-refractivity contribution < 1.29 is 9.53 Å². The minimum absolute atomic E-state index is 0.0317. The van der Waals surface area contributed by atoms with Gasteiger partial charge in [-0.05, 0) is 56.5 Å². The van der Waals surface area contributed by atoms with E-state index in [2.05, 4.69) is 16.8 Å². The second-order valence-corrected chi connectivity index (χ2v) is 6.89. The van der Waals surface area contributed by atoms with Crippen molar-refractivity contribution in [1.29, 1.82) is 0 Å². The zero-order valence-corrected chi connectivity index (χ0v) is 14.2. The van der Waals surface area contributed by atoms with E-state index in [1.807, 2.05) is 30.2 Å². The number of aromatic nitrogens is 1. The van der Waals surface area contributed by atoms with Crippen LogP contribution in [-0.2, 0) is 9.53 Å². The maximum Gasteiger partial charge on any atom is 0.236 e. The summed E-state index contributed by atoms with van der Waals surface area (Å²) in [6, 6.07) is 4.03. The number of rotatable bonds is 3. The Kier molecular flexibility index (Phi) is 5.28. The Hall–Kier alpha value is -1.46. The highest BCUT2D eigenvalue weighted by molar-refractivity contribution is 5.78. The van der Waals surface area contributed by atoms with E-state index in [-0.39, 0.29) is 12.0 Å². The van der Waals surface area contributed by atoms with Gasteiger partial charge in [-0.15, -0.1) is 0 Å². The summed E-state index contributed by atoms with van der Waals surface area (Å²) in [6.45, 7) is 8.86. The molecular weight excluding hydrogens is 290 g/mol. The normalized spacial score (nSPS) is 23.9. The van der Waals surface area contributed by atoms with Crippen LogP contribution in [0, 0.1) is 12.8 Å². The Morgan fingerprint density at radius 3 is 2.87 bits per heavy atom. The van der Waals surface area contributed by atoms with Crippen molar-refractivity contribution >= 4 is 5.91 Å². The first-order chi connectivity index (χ1) is 11.1. The van der Waals surface area contributed by atoms with Crippen LogP contribution in [0.5, 0.6) is 0 Å². The molecule has 0 radical (unpaired) electrons. The molecule has 3 heterocycles. The highest BCUT2D eigenvalue weighted by Crippen LogP contribution is 2.23. The van der Waals surface area contributed by atoms with Crippen LogP contribution >= 0.6 is 0 Å². The van der Waals surface area contributed by atoms with Gasteiger partial charge in [-0.1, -0.05) is 6.92 Å². The molecule has 1 aromatic heterocycles. The molecule has 23 heavy (non-hydrogen) atoms. The Morgan fingerprint density at radius 1 is 1.35 bits per heavy atom. The van der Waals surface area contributed by atoms with Crippen LogP contribution in [0.3, 0.4) is 0 Å². The first-order valence-electron chi connectivity index (χ1n) is 8.66. The summed E-state index contributed by atoms with van der Waals surface area (Å²) >= 11 is 0. The van der Waals surface area contributed by atoms with E-state index >= 15 is 0 Å². The first kappa shape index (κ1) is 16.4. The standard InChI is InChI=1S/C18H27N3O2/c1-14-4-7-20(8-5-14)13-18(22)21-9-10-23-17(12-21)16-3-6-19-15(2)11-16/h3,6,11,14,17H,4-5,7-10,12-13H2,1-2H3. The molecule has 2 aliphatic rings. The Morgan fingerprint density at radius 2 is 2.13 bits per heavy atom. The van der Waals surface area contributed by atoms with Crippen molar-refractivity contribution in [2.24, 2.45) is 5.92 Å². The van der Waals surface area contributed by atoms with E-state index in [0.29, 0.717) is 26.2 Å². The van der Waals surface area contributed by atoms with Gasteiger partial charge in [0.1, 0.15) is 6.10 Å². The third kappa shape index (κ3) is 4.30. The average Bonchev–Trinajstić information content (AvgIpc) is 2.57. The van der Waals surface area contributed by atoms with Gasteiger partial charge < -0.3 is 9.64 Å². The summed E-state index contributed by atoms with van der Waals surface area (Å²) in [5, 5.41) is 0. The third-order valence-electron chi connectivity index (χ3n) is 4.95. The third-order valence-corrected chi connectivity index (χ3v) is 4.95. The molecule has 0 spiro atoms. The number of carbonyl (C=O) groups excluding carboxylic acids is 1. The van der Waals surface area contributed by atoms with Gasteiger partial charge >= 0.3 is 0 Å². The molecular formula is C18H27N3O2. The largest absolute Gasteiger partial charge is 0.370 e. The summed E-state index contributed by atoms with van der Waals surface area (Å²) in [4.78, 5) is 21.1. The molecule has 0 aromatic carbocycles. The fourth-order valence-electron chi connectivity index (χ4n) is 3.36. The van der Waals surface area contributed by atoms with Crippen LogP contribution < -0.4 is 0 Å². The molecule has 5 nitrogen and oxygen atoms in total. The van der Waals surface area contributed by atoms with Crippen LogP contribution in [0.2, 0.25) is 0 Å². The zero-order valence-electron chi connectivity index (χ0n) is 14.2. The van der Waals surface area contributed by atoms with Gasteiger partial charge in [0.05, 0.1) is 19.7 Å². The van der Waals surface area contributed by atoms with Crippen LogP contribution in [0.25, 0.3) is 0 Å². The lowest BCUT2D eigenvalue weighted by Crippen LogP contribution is -2.48. The van der Waals surface area contributed by atoms with Gasteiger partial charge in [-0.25, -0.2) is 0 Å². The molecule has 1 atom stereocenters. The van der Waals surface area contributed by atoms with Gasteiger partial charge in [-0.2, -0.15) is 0 Å². The molecule has 1 amide bonds. The maximum absolute atomic E-state index is 12.6. The molecule has 1 unspecified atom stereocenters. The minimum Gasteiger partial charge on any atom is -0.370 e. The molecule has 1 aromatic rings. The molecule has 2 aliphatic heterocycles. The first-order valence-corrected chi connectivity index (χ1v) is 8.66. The molecule has 5 heteroatoms. The van der Waals surface area contributed by atoms with Crippen molar-refractivity contribution in [2.75, 3.05) is 39.3 Å². The highest BCUT2D eigenvalue weighted by Gasteiger charge is 2.27. The Labute approximate surface area is 138 Å². The lowest BCUT2D eigenvalue weighted by Gasteiger charge is -2.36. The van der Waals surface area contributed by atoms with Gasteiger partial charge in [0.25, 0.3) is 0 Å². The minimum atomic E-state index is -0.0317. The summed E-state index contributed by atoms with van der Waals surface area (Å²) in [5.41, 5.74) is 2.10. The van der Waals surface area contributed by atoms with Crippen molar-refractivity contribution in [1.82, 2.24) is 14.8 Å². The molecule has 0 aliphatic carbocycles. The van der Waals surface area contributed by atoms with Gasteiger partial charge in [0.15, 0.2) is 0 Å². The van der Waals surface area contributed by atoms with Crippen LogP contribution in [0.4, 0.5) is 0 Å². The molecule has 0 saturated carbocycles. The number of amides is 1. The number of hydrogen-bond donors (Lipinski definition) is 0. The van der Waals surface area contributed by atoms with E-state index < -0.39 is 0 Å². The number of hydrogen-bond acceptors (Lipinski definition) is 4. The fraction of sp³-hybridized carbons (Fsp3) is 0.667. The maximum atomic E-state index is 12.6. The zero-order chi connectivity index (χ0) is 16.2. The molecule has 2 saturated heterocycles. The van der Waals surface area contributed by atoms with Gasteiger partial charge in [0, 0.05) is 18.4 Å². The van der Waals surface area contributed by atoms with Crippen molar-refractivity contribution in [2.45, 2.75) is 32.8 Å². The van der Waals surface area contributed by atoms with Crippen LogP contribution in [-0.4, -0.2) is 60.0 Å². The summed E-state index contributed by atoms with van der Waals surface area (Å²) in [6.07, 6.45) is 4.18. The summed E-state index contributed by atoms with van der Waals surface area (Å²) < 4.78 is 5.87. The monoisotopic (exact) mass is 317 g/mol. The summed E-state index contributed by atoms with van der Waals surface area (Å²) in [5.74, 6) is 1.03. The van der Waals surface area contributed by atoms with Gasteiger partial charge in [-0.3, -0.25) is 14.7 Å². The van der Waals surface area contributed by atoms with Crippen molar-refractivity contribution in [3.05, 3.63) is 29.6 Å². The fourth-order valence-corrected chi connectivity index (χ4v) is 3.36. The number of aryl methyl sites for hydroxylation is 1. The van der Waals surface area contributed by atoms with E-state index in [1.165, 1.54) is 12.8 Å². The molecule has 2 fully saturated rings. The van der Waals surface area contributed by atoms with Crippen molar-refractivity contribution in [3.63, 3.8) is 0 Å². The molecule has 0 bridgehead atoms. The van der Waals surface area contributed by atoms with E-state index in [1.54, 1.807) is 0 Å². The highest BCUT2D eigenvalue weighted by atomic mass is 16.5. The smallest absolute Gasteiger partial charge is 0.236 e. The second-order valence-electron chi connectivity index (χ2n) is 6.89. The van der Waals surface area contributed by atoms with E-state index in [4.69, 9.17) is 4.74 Å². The van der Waals surface area contributed by atoms with E-state index in [9.17, 15) is 4.79 Å². The number of ether oxygens (including phenoxy) is 1. The Balaban J connectivity index is 1.56. The predicted octanol–water partition coefficient (Wildman–Crippen LogP) is 2.02. The molecule has 126 valence electrons. The predicted molar refractivity (Wildman–Crippen MR) is 89.1 cm³/mol. The summed E-state index contributed by atoms with van der Waals surface area (Å²) in [7, 11) is 0. The topological polar surface area (TPSA) is 45.7 Å². The SMILES string of the molecule is Cc1cc(C2CN(C(=O)CN3CCC(C)CC3)CCO2)ccn1. The Bertz CT molecular complexity index is 541. The van der Waals surface area contributed by atoms with Crippen LogP contribution in [0.15, 0.2) is 18.3 Å². The molecule has 0 N–H and O–H groups in total. The average molecular weight is 317 g/mol. The number of nitrogens with zero attached hydrogens (tertiary/aromatic N) is 3. The van der Waals surface area contributed by atoms with Gasteiger partial charge in [0.2, 0.25) is 5.91 Å². The molecule has 3 rings (SSSR count). The second kappa shape index (κ2) is 7.41. The lowest BCUT2D eigenvalue weighted by molar-refractivity contribution is -0.140. The van der Waals surface area contributed by atoms with E-state index in [0.717, 1.165) is 30.3 Å². The number of likely N-dealkylation sites (tertiary alicyclic amines) is 1. The quantitative estimate of drug-likeness (QED) is 0.856. The number of pyridine rings is 1. The number of morpholine rings is 1. The van der Waals surface area contributed by atoms with Crippen molar-refractivity contribution in [3.8, 4) is 0 Å². The number of piperidine rings is 1. The van der Waals surface area contributed by atoms with Crippen LogP contribution in [0.1, 0.15) is 37.1 Å². The lowest BCUT2D eigenvalue weighted by atomic mass is 9.99. The number of carbonyl (C=O) groups is 1.